The monoisotopic (exact) mass is 387 g/mol. The van der Waals surface area contributed by atoms with Crippen LogP contribution in [0.2, 0.25) is 0 Å². The molecule has 3 aromatic rings. The molecule has 1 amide bonds. The standard InChI is InChI=1S/C20H16F3N3O2/c1-28-18-8-3-2-7-16(18)26-19(27)17-12-15(9-10-24-17)25-14-6-4-5-13(11-14)20(21,22)23/h2-12H,1H3,(H,24,25)(H,26,27). The molecule has 0 fully saturated rings. The lowest BCUT2D eigenvalue weighted by molar-refractivity contribution is -0.137. The van der Waals surface area contributed by atoms with Crippen molar-refractivity contribution >= 4 is 23.0 Å². The first-order valence-corrected chi connectivity index (χ1v) is 8.21. The van der Waals surface area contributed by atoms with Crippen molar-refractivity contribution in [2.45, 2.75) is 6.18 Å². The summed E-state index contributed by atoms with van der Waals surface area (Å²) >= 11 is 0. The Morgan fingerprint density at radius 2 is 1.75 bits per heavy atom. The molecule has 0 aliphatic heterocycles. The van der Waals surface area contributed by atoms with Crippen molar-refractivity contribution in [1.29, 1.82) is 0 Å². The van der Waals surface area contributed by atoms with Gasteiger partial charge in [0.25, 0.3) is 5.91 Å². The van der Waals surface area contributed by atoms with E-state index in [2.05, 4.69) is 15.6 Å². The van der Waals surface area contributed by atoms with Crippen molar-refractivity contribution in [1.82, 2.24) is 4.98 Å². The van der Waals surface area contributed by atoms with Crippen molar-refractivity contribution in [2.24, 2.45) is 0 Å². The van der Waals surface area contributed by atoms with Gasteiger partial charge in [0.1, 0.15) is 11.4 Å². The molecule has 0 spiro atoms. The maximum absolute atomic E-state index is 12.8. The molecule has 1 aromatic heterocycles. The molecule has 0 aliphatic rings. The number of rotatable bonds is 5. The minimum absolute atomic E-state index is 0.0999. The first-order chi connectivity index (χ1) is 13.4. The molecule has 0 saturated carbocycles. The number of para-hydroxylation sites is 2. The molecule has 0 radical (unpaired) electrons. The van der Waals surface area contributed by atoms with Crippen LogP contribution >= 0.6 is 0 Å². The summed E-state index contributed by atoms with van der Waals surface area (Å²) in [6.07, 6.45) is -3.04. The Hall–Kier alpha value is -3.55. The lowest BCUT2D eigenvalue weighted by Crippen LogP contribution is -2.14. The summed E-state index contributed by atoms with van der Waals surface area (Å²) in [5, 5.41) is 5.55. The molecule has 2 N–H and O–H groups in total. The van der Waals surface area contributed by atoms with E-state index in [0.29, 0.717) is 17.1 Å². The second-order valence-electron chi connectivity index (χ2n) is 5.79. The number of methoxy groups -OCH3 is 1. The number of nitrogens with zero attached hydrogens (tertiary/aromatic N) is 1. The zero-order chi connectivity index (χ0) is 20.1. The van der Waals surface area contributed by atoms with Gasteiger partial charge in [-0.1, -0.05) is 18.2 Å². The predicted octanol–water partition coefficient (Wildman–Crippen LogP) is 5.10. The number of hydrogen-bond donors (Lipinski definition) is 2. The Kier molecular flexibility index (Phi) is 5.49. The van der Waals surface area contributed by atoms with Crippen LogP contribution in [0.3, 0.4) is 0 Å². The van der Waals surface area contributed by atoms with Gasteiger partial charge in [0.05, 0.1) is 18.4 Å². The van der Waals surface area contributed by atoms with Gasteiger partial charge in [-0.15, -0.1) is 0 Å². The zero-order valence-corrected chi connectivity index (χ0v) is 14.7. The molecule has 2 aromatic carbocycles. The fourth-order valence-electron chi connectivity index (χ4n) is 2.51. The molecule has 28 heavy (non-hydrogen) atoms. The van der Waals surface area contributed by atoms with Crippen LogP contribution in [0.1, 0.15) is 16.1 Å². The van der Waals surface area contributed by atoms with Gasteiger partial charge in [-0.05, 0) is 42.5 Å². The first kappa shape index (κ1) is 19.2. The van der Waals surface area contributed by atoms with Crippen LogP contribution in [0.15, 0.2) is 66.9 Å². The average molecular weight is 387 g/mol. The molecule has 3 rings (SSSR count). The van der Waals surface area contributed by atoms with E-state index in [-0.39, 0.29) is 11.4 Å². The highest BCUT2D eigenvalue weighted by Gasteiger charge is 2.30. The lowest BCUT2D eigenvalue weighted by Gasteiger charge is -2.12. The molecule has 0 atom stereocenters. The highest BCUT2D eigenvalue weighted by Crippen LogP contribution is 2.31. The van der Waals surface area contributed by atoms with Crippen molar-refractivity contribution in [3.63, 3.8) is 0 Å². The number of anilines is 3. The van der Waals surface area contributed by atoms with Crippen molar-refractivity contribution in [3.05, 3.63) is 78.1 Å². The van der Waals surface area contributed by atoms with Gasteiger partial charge in [-0.2, -0.15) is 13.2 Å². The molecule has 0 aliphatic carbocycles. The highest BCUT2D eigenvalue weighted by atomic mass is 19.4. The number of halogens is 3. The maximum atomic E-state index is 12.8. The molecule has 1 heterocycles. The smallest absolute Gasteiger partial charge is 0.416 e. The highest BCUT2D eigenvalue weighted by molar-refractivity contribution is 6.04. The normalized spacial score (nSPS) is 11.0. The van der Waals surface area contributed by atoms with Gasteiger partial charge in [-0.25, -0.2) is 0 Å². The summed E-state index contributed by atoms with van der Waals surface area (Å²) in [5.74, 6) is 0.0197. The van der Waals surface area contributed by atoms with E-state index in [1.54, 1.807) is 30.3 Å². The fourth-order valence-corrected chi connectivity index (χ4v) is 2.51. The van der Waals surface area contributed by atoms with Crippen molar-refractivity contribution in [3.8, 4) is 5.75 Å². The van der Waals surface area contributed by atoms with Crippen LogP contribution in [-0.2, 0) is 6.18 Å². The molecule has 0 saturated heterocycles. The molecule has 0 bridgehead atoms. The molecular weight excluding hydrogens is 371 g/mol. The third kappa shape index (κ3) is 4.59. The number of aromatic nitrogens is 1. The molecule has 5 nitrogen and oxygen atoms in total. The first-order valence-electron chi connectivity index (χ1n) is 8.21. The summed E-state index contributed by atoms with van der Waals surface area (Å²) < 4.78 is 43.7. The van der Waals surface area contributed by atoms with Crippen LogP contribution in [0.5, 0.6) is 5.75 Å². The Labute approximate surface area is 159 Å². The number of pyridine rings is 1. The van der Waals surface area contributed by atoms with E-state index >= 15 is 0 Å². The van der Waals surface area contributed by atoms with Gasteiger partial charge >= 0.3 is 6.18 Å². The van der Waals surface area contributed by atoms with Gasteiger partial charge < -0.3 is 15.4 Å². The van der Waals surface area contributed by atoms with E-state index in [1.807, 2.05) is 0 Å². The third-order valence-electron chi connectivity index (χ3n) is 3.83. The lowest BCUT2D eigenvalue weighted by atomic mass is 10.2. The summed E-state index contributed by atoms with van der Waals surface area (Å²) in [4.78, 5) is 16.5. The fraction of sp³-hybridized carbons (Fsp3) is 0.100. The largest absolute Gasteiger partial charge is 0.495 e. The number of carbonyl (C=O) groups excluding carboxylic acids is 1. The predicted molar refractivity (Wildman–Crippen MR) is 99.9 cm³/mol. The Morgan fingerprint density at radius 3 is 2.50 bits per heavy atom. The van der Waals surface area contributed by atoms with Crippen LogP contribution in [0.25, 0.3) is 0 Å². The van der Waals surface area contributed by atoms with Gasteiger partial charge in [0, 0.05) is 17.6 Å². The third-order valence-corrected chi connectivity index (χ3v) is 3.83. The number of alkyl halides is 3. The molecule has 0 unspecified atom stereocenters. The minimum Gasteiger partial charge on any atom is -0.495 e. The van der Waals surface area contributed by atoms with Crippen LogP contribution < -0.4 is 15.4 Å². The van der Waals surface area contributed by atoms with Crippen molar-refractivity contribution in [2.75, 3.05) is 17.7 Å². The molecule has 8 heteroatoms. The van der Waals surface area contributed by atoms with Crippen LogP contribution in [0.4, 0.5) is 30.2 Å². The topological polar surface area (TPSA) is 63.2 Å². The van der Waals surface area contributed by atoms with E-state index < -0.39 is 17.6 Å². The summed E-state index contributed by atoms with van der Waals surface area (Å²) in [6.45, 7) is 0. The minimum atomic E-state index is -4.43. The quantitative estimate of drug-likeness (QED) is 0.639. The number of benzene rings is 2. The summed E-state index contributed by atoms with van der Waals surface area (Å²) in [5.41, 5.74) is 0.494. The van der Waals surface area contributed by atoms with E-state index in [9.17, 15) is 18.0 Å². The van der Waals surface area contributed by atoms with E-state index in [1.165, 1.54) is 31.5 Å². The number of hydrogen-bond acceptors (Lipinski definition) is 4. The Morgan fingerprint density at radius 1 is 1.00 bits per heavy atom. The maximum Gasteiger partial charge on any atom is 0.416 e. The second kappa shape index (κ2) is 7.99. The number of ether oxygens (including phenoxy) is 1. The number of nitrogens with one attached hydrogen (secondary N) is 2. The van der Waals surface area contributed by atoms with Crippen molar-refractivity contribution < 1.29 is 22.7 Å². The van der Waals surface area contributed by atoms with Gasteiger partial charge in [-0.3, -0.25) is 9.78 Å². The molecular formula is C20H16F3N3O2. The van der Waals surface area contributed by atoms with Crippen LogP contribution in [-0.4, -0.2) is 18.0 Å². The Balaban J connectivity index is 1.78. The Bertz CT molecular complexity index is 990. The summed E-state index contributed by atoms with van der Waals surface area (Å²) in [7, 11) is 1.49. The number of carbonyl (C=O) groups is 1. The average Bonchev–Trinajstić information content (AvgIpc) is 2.68. The number of amides is 1. The SMILES string of the molecule is COc1ccccc1NC(=O)c1cc(Nc2cccc(C(F)(F)F)c2)ccn1. The van der Waals surface area contributed by atoms with Gasteiger partial charge in [0.15, 0.2) is 0 Å². The van der Waals surface area contributed by atoms with Gasteiger partial charge in [0.2, 0.25) is 0 Å². The zero-order valence-electron chi connectivity index (χ0n) is 14.7. The van der Waals surface area contributed by atoms with Crippen LogP contribution in [0, 0.1) is 0 Å². The molecule has 144 valence electrons. The van der Waals surface area contributed by atoms with E-state index in [0.717, 1.165) is 12.1 Å². The second-order valence-corrected chi connectivity index (χ2v) is 5.79. The summed E-state index contributed by atoms with van der Waals surface area (Å²) in [6, 6.07) is 14.7. The van der Waals surface area contributed by atoms with E-state index in [4.69, 9.17) is 4.74 Å².